The standard InChI is InChI=1S/C13H16FN3/c1-3-8-17-9-10(2)15-13(17)16-12-7-5-4-6-11(12)14/h4-7,9H,3,8H2,1-2H3,(H,15,16). The number of halogens is 1. The summed E-state index contributed by atoms with van der Waals surface area (Å²) in [5.74, 6) is 0.422. The van der Waals surface area contributed by atoms with E-state index in [0.717, 1.165) is 18.7 Å². The Bertz CT molecular complexity index is 505. The summed E-state index contributed by atoms with van der Waals surface area (Å²) in [5.41, 5.74) is 1.38. The number of hydrogen-bond acceptors (Lipinski definition) is 2. The minimum absolute atomic E-state index is 0.267. The zero-order valence-corrected chi connectivity index (χ0v) is 10.1. The van der Waals surface area contributed by atoms with E-state index in [1.807, 2.05) is 17.7 Å². The lowest BCUT2D eigenvalue weighted by Crippen LogP contribution is -2.03. The summed E-state index contributed by atoms with van der Waals surface area (Å²) in [7, 11) is 0. The molecule has 2 rings (SSSR count). The van der Waals surface area contributed by atoms with Gasteiger partial charge < -0.3 is 9.88 Å². The maximum Gasteiger partial charge on any atom is 0.207 e. The molecule has 0 saturated carbocycles. The molecule has 0 aliphatic heterocycles. The first-order valence-corrected chi connectivity index (χ1v) is 5.76. The summed E-state index contributed by atoms with van der Waals surface area (Å²) < 4.78 is 15.5. The van der Waals surface area contributed by atoms with Crippen molar-refractivity contribution < 1.29 is 4.39 Å². The van der Waals surface area contributed by atoms with Crippen LogP contribution in [0.2, 0.25) is 0 Å². The lowest BCUT2D eigenvalue weighted by Gasteiger charge is -2.09. The van der Waals surface area contributed by atoms with Gasteiger partial charge in [-0.3, -0.25) is 0 Å². The van der Waals surface area contributed by atoms with Gasteiger partial charge >= 0.3 is 0 Å². The predicted octanol–water partition coefficient (Wildman–Crippen LogP) is 3.48. The highest BCUT2D eigenvalue weighted by Gasteiger charge is 2.07. The molecule has 1 aromatic carbocycles. The van der Waals surface area contributed by atoms with Crippen molar-refractivity contribution in [1.82, 2.24) is 9.55 Å². The molecule has 0 aliphatic rings. The smallest absolute Gasteiger partial charge is 0.207 e. The van der Waals surface area contributed by atoms with Crippen molar-refractivity contribution in [2.75, 3.05) is 5.32 Å². The Morgan fingerprint density at radius 2 is 2.12 bits per heavy atom. The number of aromatic nitrogens is 2. The lowest BCUT2D eigenvalue weighted by molar-refractivity contribution is 0.630. The van der Waals surface area contributed by atoms with E-state index in [0.29, 0.717) is 11.6 Å². The molecule has 0 unspecified atom stereocenters. The van der Waals surface area contributed by atoms with Crippen LogP contribution in [0.25, 0.3) is 0 Å². The number of nitrogens with zero attached hydrogens (tertiary/aromatic N) is 2. The van der Waals surface area contributed by atoms with Crippen LogP contribution in [0, 0.1) is 12.7 Å². The average molecular weight is 233 g/mol. The fourth-order valence-electron chi connectivity index (χ4n) is 1.74. The number of nitrogens with one attached hydrogen (secondary N) is 1. The van der Waals surface area contributed by atoms with Crippen molar-refractivity contribution in [3.63, 3.8) is 0 Å². The van der Waals surface area contributed by atoms with Crippen molar-refractivity contribution in [3.05, 3.63) is 42.0 Å². The summed E-state index contributed by atoms with van der Waals surface area (Å²) in [4.78, 5) is 4.35. The Hall–Kier alpha value is -1.84. The molecule has 0 bridgehead atoms. The number of benzene rings is 1. The second-order valence-corrected chi connectivity index (χ2v) is 4.00. The molecule has 17 heavy (non-hydrogen) atoms. The van der Waals surface area contributed by atoms with Crippen molar-refractivity contribution in [2.45, 2.75) is 26.8 Å². The van der Waals surface area contributed by atoms with Crippen molar-refractivity contribution in [2.24, 2.45) is 0 Å². The summed E-state index contributed by atoms with van der Waals surface area (Å²) >= 11 is 0. The van der Waals surface area contributed by atoms with Gasteiger partial charge in [-0.05, 0) is 25.5 Å². The molecular formula is C13H16FN3. The molecule has 3 nitrogen and oxygen atoms in total. The highest BCUT2D eigenvalue weighted by Crippen LogP contribution is 2.19. The van der Waals surface area contributed by atoms with Crippen LogP contribution >= 0.6 is 0 Å². The number of imidazole rings is 1. The second-order valence-electron chi connectivity index (χ2n) is 4.00. The third kappa shape index (κ3) is 2.64. The Kier molecular flexibility index (Phi) is 3.42. The molecule has 1 aromatic heterocycles. The summed E-state index contributed by atoms with van der Waals surface area (Å²) in [6.07, 6.45) is 2.98. The van der Waals surface area contributed by atoms with Crippen LogP contribution < -0.4 is 5.32 Å². The summed E-state index contributed by atoms with van der Waals surface area (Å²) in [6.45, 7) is 4.90. The number of para-hydroxylation sites is 1. The molecule has 1 heterocycles. The summed E-state index contributed by atoms with van der Waals surface area (Å²) in [6, 6.07) is 6.60. The largest absolute Gasteiger partial charge is 0.323 e. The van der Waals surface area contributed by atoms with E-state index in [1.54, 1.807) is 18.2 Å². The van der Waals surface area contributed by atoms with Crippen LogP contribution in [-0.4, -0.2) is 9.55 Å². The Balaban J connectivity index is 2.26. The van der Waals surface area contributed by atoms with Gasteiger partial charge in [0.2, 0.25) is 5.95 Å². The molecule has 2 aromatic rings. The van der Waals surface area contributed by atoms with Crippen LogP contribution in [0.5, 0.6) is 0 Å². The van der Waals surface area contributed by atoms with Gasteiger partial charge in [-0.15, -0.1) is 0 Å². The van der Waals surface area contributed by atoms with E-state index in [1.165, 1.54) is 6.07 Å². The van der Waals surface area contributed by atoms with Crippen LogP contribution in [0.4, 0.5) is 16.0 Å². The van der Waals surface area contributed by atoms with Gasteiger partial charge in [-0.25, -0.2) is 9.37 Å². The molecule has 0 radical (unpaired) electrons. The van der Waals surface area contributed by atoms with Crippen LogP contribution in [0.15, 0.2) is 30.5 Å². The third-order valence-electron chi connectivity index (χ3n) is 2.48. The minimum Gasteiger partial charge on any atom is -0.323 e. The number of hydrogen-bond donors (Lipinski definition) is 1. The normalized spacial score (nSPS) is 10.5. The molecule has 0 fully saturated rings. The number of aryl methyl sites for hydroxylation is 2. The fourth-order valence-corrected chi connectivity index (χ4v) is 1.74. The molecule has 0 amide bonds. The Morgan fingerprint density at radius 3 is 2.82 bits per heavy atom. The third-order valence-corrected chi connectivity index (χ3v) is 2.48. The molecule has 4 heteroatoms. The molecule has 1 N–H and O–H groups in total. The monoisotopic (exact) mass is 233 g/mol. The van der Waals surface area contributed by atoms with Crippen molar-refractivity contribution >= 4 is 11.6 Å². The first kappa shape index (κ1) is 11.6. The van der Waals surface area contributed by atoms with Gasteiger partial charge in [0.15, 0.2) is 0 Å². The number of rotatable bonds is 4. The average Bonchev–Trinajstić information content (AvgIpc) is 2.63. The highest BCUT2D eigenvalue weighted by atomic mass is 19.1. The Morgan fingerprint density at radius 1 is 1.35 bits per heavy atom. The molecule has 0 saturated heterocycles. The molecule has 0 atom stereocenters. The lowest BCUT2D eigenvalue weighted by atomic mass is 10.3. The van der Waals surface area contributed by atoms with Gasteiger partial charge in [0, 0.05) is 12.7 Å². The zero-order chi connectivity index (χ0) is 12.3. The fraction of sp³-hybridized carbons (Fsp3) is 0.308. The van der Waals surface area contributed by atoms with Crippen LogP contribution in [0.1, 0.15) is 19.0 Å². The minimum atomic E-state index is -0.267. The Labute approximate surface area is 100 Å². The van der Waals surface area contributed by atoms with E-state index in [-0.39, 0.29) is 5.82 Å². The van der Waals surface area contributed by atoms with E-state index < -0.39 is 0 Å². The van der Waals surface area contributed by atoms with E-state index in [2.05, 4.69) is 17.2 Å². The topological polar surface area (TPSA) is 29.9 Å². The summed E-state index contributed by atoms with van der Waals surface area (Å²) in [5, 5.41) is 3.02. The van der Waals surface area contributed by atoms with E-state index in [4.69, 9.17) is 0 Å². The first-order valence-electron chi connectivity index (χ1n) is 5.76. The van der Waals surface area contributed by atoms with Gasteiger partial charge in [-0.2, -0.15) is 0 Å². The van der Waals surface area contributed by atoms with Gasteiger partial charge in [0.25, 0.3) is 0 Å². The molecule has 0 spiro atoms. The van der Waals surface area contributed by atoms with Crippen LogP contribution in [-0.2, 0) is 6.54 Å². The predicted molar refractivity (Wildman–Crippen MR) is 66.9 cm³/mol. The van der Waals surface area contributed by atoms with Gasteiger partial charge in [0.1, 0.15) is 5.82 Å². The highest BCUT2D eigenvalue weighted by molar-refractivity contribution is 5.54. The first-order chi connectivity index (χ1) is 8.20. The quantitative estimate of drug-likeness (QED) is 0.876. The molecule has 0 aliphatic carbocycles. The van der Waals surface area contributed by atoms with E-state index in [9.17, 15) is 4.39 Å². The van der Waals surface area contributed by atoms with Gasteiger partial charge in [0.05, 0.1) is 11.4 Å². The maximum absolute atomic E-state index is 13.5. The van der Waals surface area contributed by atoms with E-state index >= 15 is 0 Å². The molecular weight excluding hydrogens is 217 g/mol. The van der Waals surface area contributed by atoms with Crippen LogP contribution in [0.3, 0.4) is 0 Å². The maximum atomic E-state index is 13.5. The van der Waals surface area contributed by atoms with Gasteiger partial charge in [-0.1, -0.05) is 19.1 Å². The zero-order valence-electron chi connectivity index (χ0n) is 10.1. The second kappa shape index (κ2) is 4.99. The number of anilines is 2. The SMILES string of the molecule is CCCn1cc(C)nc1Nc1ccccc1F. The van der Waals surface area contributed by atoms with Crippen molar-refractivity contribution in [3.8, 4) is 0 Å². The molecule has 90 valence electrons. The van der Waals surface area contributed by atoms with Crippen molar-refractivity contribution in [1.29, 1.82) is 0 Å².